The second-order valence-corrected chi connectivity index (χ2v) is 4.24. The number of aliphatic hydroxyl groups excluding tert-OH is 1. The van der Waals surface area contributed by atoms with Crippen molar-refractivity contribution in [2.24, 2.45) is 11.8 Å². The van der Waals surface area contributed by atoms with Crippen LogP contribution < -0.4 is 0 Å². The van der Waals surface area contributed by atoms with Gasteiger partial charge in [0.1, 0.15) is 0 Å². The molecule has 76 valence electrons. The van der Waals surface area contributed by atoms with Gasteiger partial charge in [0.05, 0.1) is 6.10 Å². The van der Waals surface area contributed by atoms with Crippen molar-refractivity contribution in [2.75, 3.05) is 0 Å². The van der Waals surface area contributed by atoms with Crippen molar-refractivity contribution in [2.45, 2.75) is 31.8 Å². The van der Waals surface area contributed by atoms with Crippen LogP contribution in [0.4, 0.5) is 0 Å². The van der Waals surface area contributed by atoms with Gasteiger partial charge >= 0.3 is 0 Å². The number of hydrogen-bond donors (Lipinski definition) is 1. The maximum Gasteiger partial charge on any atom is 0.162 e. The van der Waals surface area contributed by atoms with E-state index in [0.29, 0.717) is 5.92 Å². The van der Waals surface area contributed by atoms with E-state index in [-0.39, 0.29) is 17.8 Å². The molecule has 0 aromatic heterocycles. The first-order valence-corrected chi connectivity index (χ1v) is 5.34. The van der Waals surface area contributed by atoms with Gasteiger partial charge in [-0.25, -0.2) is 0 Å². The molecule has 2 aliphatic carbocycles. The number of carbonyl (C=O) groups excluding carboxylic acids is 1. The lowest BCUT2D eigenvalue weighted by Crippen LogP contribution is -2.27. The van der Waals surface area contributed by atoms with E-state index in [0.717, 1.165) is 25.7 Å². The standard InChI is InChI=1S/C12H16O2/c13-10-7-5-9(6-8-10)11-3-1-2-4-12(11)14/h1-4,9-11,13H,5-8H2. The van der Waals surface area contributed by atoms with Crippen molar-refractivity contribution >= 4 is 5.78 Å². The largest absolute Gasteiger partial charge is 0.393 e. The summed E-state index contributed by atoms with van der Waals surface area (Å²) in [6.45, 7) is 0. The molecule has 0 aromatic rings. The molecule has 2 aliphatic rings. The van der Waals surface area contributed by atoms with E-state index in [4.69, 9.17) is 0 Å². The van der Waals surface area contributed by atoms with E-state index >= 15 is 0 Å². The maximum atomic E-state index is 11.6. The zero-order valence-corrected chi connectivity index (χ0v) is 8.23. The molecule has 2 nitrogen and oxygen atoms in total. The molecule has 1 unspecified atom stereocenters. The topological polar surface area (TPSA) is 37.3 Å². The summed E-state index contributed by atoms with van der Waals surface area (Å²) in [5, 5.41) is 9.37. The molecule has 0 radical (unpaired) electrons. The molecule has 1 saturated carbocycles. The van der Waals surface area contributed by atoms with Gasteiger partial charge in [0.2, 0.25) is 0 Å². The van der Waals surface area contributed by atoms with Crippen molar-refractivity contribution in [3.8, 4) is 0 Å². The molecule has 0 amide bonds. The summed E-state index contributed by atoms with van der Waals surface area (Å²) in [5.41, 5.74) is 0. The molecule has 2 rings (SSSR count). The Balaban J connectivity index is 1.98. The van der Waals surface area contributed by atoms with Gasteiger partial charge in [-0.15, -0.1) is 0 Å². The summed E-state index contributed by atoms with van der Waals surface area (Å²) in [7, 11) is 0. The number of carbonyl (C=O) groups is 1. The number of rotatable bonds is 1. The Labute approximate surface area is 84.3 Å². The van der Waals surface area contributed by atoms with Gasteiger partial charge in [-0.1, -0.05) is 18.2 Å². The Kier molecular flexibility index (Phi) is 2.82. The Morgan fingerprint density at radius 3 is 2.50 bits per heavy atom. The van der Waals surface area contributed by atoms with Crippen molar-refractivity contribution in [3.63, 3.8) is 0 Å². The van der Waals surface area contributed by atoms with E-state index in [1.54, 1.807) is 12.2 Å². The van der Waals surface area contributed by atoms with E-state index in [9.17, 15) is 9.90 Å². The molecule has 0 bridgehead atoms. The molecule has 0 spiro atoms. The quantitative estimate of drug-likeness (QED) is 0.688. The van der Waals surface area contributed by atoms with Gasteiger partial charge in [-0.3, -0.25) is 4.79 Å². The van der Waals surface area contributed by atoms with Gasteiger partial charge in [-0.2, -0.15) is 0 Å². The molecule has 0 aromatic carbocycles. The summed E-state index contributed by atoms with van der Waals surface area (Å²) in [6, 6.07) is 0. The van der Waals surface area contributed by atoms with E-state index in [1.807, 2.05) is 12.2 Å². The third kappa shape index (κ3) is 1.95. The highest BCUT2D eigenvalue weighted by atomic mass is 16.3. The van der Waals surface area contributed by atoms with Crippen molar-refractivity contribution in [1.82, 2.24) is 0 Å². The summed E-state index contributed by atoms with van der Waals surface area (Å²) in [6.07, 6.45) is 11.0. The monoisotopic (exact) mass is 192 g/mol. The molecular formula is C12H16O2. The van der Waals surface area contributed by atoms with Crippen LogP contribution in [-0.4, -0.2) is 17.0 Å². The van der Waals surface area contributed by atoms with Gasteiger partial charge in [0, 0.05) is 5.92 Å². The molecule has 14 heavy (non-hydrogen) atoms. The van der Waals surface area contributed by atoms with Crippen LogP contribution in [0.25, 0.3) is 0 Å². The highest BCUT2D eigenvalue weighted by Gasteiger charge is 2.29. The van der Waals surface area contributed by atoms with Gasteiger partial charge in [0.15, 0.2) is 5.78 Å². The Hall–Kier alpha value is -0.890. The fraction of sp³-hybridized carbons (Fsp3) is 0.583. The van der Waals surface area contributed by atoms with Crippen LogP contribution in [0.2, 0.25) is 0 Å². The fourth-order valence-electron chi connectivity index (χ4n) is 2.39. The van der Waals surface area contributed by atoms with Crippen LogP contribution in [0.1, 0.15) is 25.7 Å². The first-order chi connectivity index (χ1) is 6.77. The van der Waals surface area contributed by atoms with Crippen molar-refractivity contribution < 1.29 is 9.90 Å². The minimum Gasteiger partial charge on any atom is -0.393 e. The van der Waals surface area contributed by atoms with Crippen LogP contribution in [0.3, 0.4) is 0 Å². The Morgan fingerprint density at radius 1 is 1.14 bits per heavy atom. The van der Waals surface area contributed by atoms with Crippen LogP contribution >= 0.6 is 0 Å². The molecule has 1 N–H and O–H groups in total. The zero-order valence-electron chi connectivity index (χ0n) is 8.23. The average Bonchev–Trinajstić information content (AvgIpc) is 2.20. The average molecular weight is 192 g/mol. The lowest BCUT2D eigenvalue weighted by Gasteiger charge is -2.29. The SMILES string of the molecule is O=C1C=CC=CC1C1CCC(O)CC1. The van der Waals surface area contributed by atoms with Crippen LogP contribution in [0, 0.1) is 11.8 Å². The molecule has 2 heteroatoms. The second-order valence-electron chi connectivity index (χ2n) is 4.24. The molecule has 1 atom stereocenters. The predicted octanol–water partition coefficient (Wildman–Crippen LogP) is 1.85. The lowest BCUT2D eigenvalue weighted by molar-refractivity contribution is -0.118. The van der Waals surface area contributed by atoms with Gasteiger partial charge in [-0.05, 0) is 37.7 Å². The van der Waals surface area contributed by atoms with Crippen molar-refractivity contribution in [1.29, 1.82) is 0 Å². The van der Waals surface area contributed by atoms with Gasteiger partial charge in [0.25, 0.3) is 0 Å². The normalized spacial score (nSPS) is 37.5. The van der Waals surface area contributed by atoms with Gasteiger partial charge < -0.3 is 5.11 Å². The summed E-state index contributed by atoms with van der Waals surface area (Å²) in [5.74, 6) is 0.758. The minimum atomic E-state index is -0.135. The number of ketones is 1. The third-order valence-corrected chi connectivity index (χ3v) is 3.27. The molecular weight excluding hydrogens is 176 g/mol. The zero-order chi connectivity index (χ0) is 9.97. The lowest BCUT2D eigenvalue weighted by atomic mass is 9.76. The Morgan fingerprint density at radius 2 is 1.86 bits per heavy atom. The fourth-order valence-corrected chi connectivity index (χ4v) is 2.39. The minimum absolute atomic E-state index is 0.0764. The summed E-state index contributed by atoms with van der Waals surface area (Å²) < 4.78 is 0. The molecule has 0 saturated heterocycles. The van der Waals surface area contributed by atoms with Crippen molar-refractivity contribution in [3.05, 3.63) is 24.3 Å². The molecule has 1 fully saturated rings. The van der Waals surface area contributed by atoms with Crippen LogP contribution in [-0.2, 0) is 4.79 Å². The summed E-state index contributed by atoms with van der Waals surface area (Å²) >= 11 is 0. The van der Waals surface area contributed by atoms with E-state index in [2.05, 4.69) is 0 Å². The highest BCUT2D eigenvalue weighted by molar-refractivity contribution is 5.94. The predicted molar refractivity (Wildman–Crippen MR) is 54.7 cm³/mol. The first-order valence-electron chi connectivity index (χ1n) is 5.34. The molecule has 0 aliphatic heterocycles. The number of allylic oxidation sites excluding steroid dienone is 4. The second kappa shape index (κ2) is 4.09. The summed E-state index contributed by atoms with van der Waals surface area (Å²) in [4.78, 5) is 11.6. The molecule has 0 heterocycles. The maximum absolute atomic E-state index is 11.6. The number of hydrogen-bond acceptors (Lipinski definition) is 2. The van der Waals surface area contributed by atoms with E-state index in [1.165, 1.54) is 0 Å². The van der Waals surface area contributed by atoms with E-state index < -0.39 is 0 Å². The smallest absolute Gasteiger partial charge is 0.162 e. The third-order valence-electron chi connectivity index (χ3n) is 3.27. The highest BCUT2D eigenvalue weighted by Crippen LogP contribution is 2.32. The Bertz CT molecular complexity index is 270. The first kappa shape index (κ1) is 9.66. The van der Waals surface area contributed by atoms with Crippen LogP contribution in [0.5, 0.6) is 0 Å². The number of aliphatic hydroxyl groups is 1. The van der Waals surface area contributed by atoms with Crippen LogP contribution in [0.15, 0.2) is 24.3 Å².